The number of nitrogens with one attached hydrogen (secondary N) is 1. The van der Waals surface area contributed by atoms with E-state index in [1.54, 1.807) is 0 Å². The fraction of sp³-hybridized carbons (Fsp3) is 0.250. The van der Waals surface area contributed by atoms with Gasteiger partial charge in [-0.2, -0.15) is 16.9 Å². The van der Waals surface area contributed by atoms with Crippen LogP contribution in [0.4, 0.5) is 5.13 Å². The van der Waals surface area contributed by atoms with Gasteiger partial charge in [-0.05, 0) is 22.6 Å². The van der Waals surface area contributed by atoms with E-state index >= 15 is 0 Å². The molecule has 0 unspecified atom stereocenters. The van der Waals surface area contributed by atoms with E-state index in [-0.39, 0.29) is 11.6 Å². The Bertz CT molecular complexity index is 1260. The minimum Gasteiger partial charge on any atom is -0.311 e. The molecule has 0 aliphatic rings. The van der Waals surface area contributed by atoms with Crippen LogP contribution in [0.1, 0.15) is 21.1 Å². The zero-order valence-electron chi connectivity index (χ0n) is 20.9. The van der Waals surface area contributed by atoms with Crippen molar-refractivity contribution in [2.75, 3.05) is 16.8 Å². The number of benzene rings is 2. The SMILES string of the molecule is Bc1ccccc1CC(=O)Bc1nnc(CCSCCc2nnc(NC(=O)Cc3ccccc3B)s2)s1. The van der Waals surface area contributed by atoms with E-state index < -0.39 is 0 Å². The van der Waals surface area contributed by atoms with E-state index in [0.29, 0.717) is 25.3 Å². The van der Waals surface area contributed by atoms with Gasteiger partial charge in [0.2, 0.25) is 11.0 Å². The zero-order valence-corrected chi connectivity index (χ0v) is 23.3. The molecule has 0 saturated heterocycles. The molecule has 186 valence electrons. The number of carbonyl (C=O) groups excluding carboxylic acids is 2. The molecule has 2 heterocycles. The van der Waals surface area contributed by atoms with Gasteiger partial charge in [0.05, 0.1) is 11.3 Å². The molecule has 0 bridgehead atoms. The Balaban J connectivity index is 1.13. The molecule has 37 heavy (non-hydrogen) atoms. The van der Waals surface area contributed by atoms with Crippen molar-refractivity contribution >= 4 is 90.0 Å². The van der Waals surface area contributed by atoms with Crippen LogP contribution in [-0.2, 0) is 35.3 Å². The average molecular weight is 545 g/mol. The number of hydrogen-bond acceptors (Lipinski definition) is 9. The monoisotopic (exact) mass is 545 g/mol. The first-order valence-electron chi connectivity index (χ1n) is 12.1. The van der Waals surface area contributed by atoms with Crippen LogP contribution >= 0.6 is 34.4 Å². The normalized spacial score (nSPS) is 10.8. The van der Waals surface area contributed by atoms with Crippen LogP contribution in [0, 0.1) is 0 Å². The van der Waals surface area contributed by atoms with Crippen LogP contribution in [0.2, 0.25) is 0 Å². The summed E-state index contributed by atoms with van der Waals surface area (Å²) in [6.45, 7) is 0. The second-order valence-electron chi connectivity index (χ2n) is 8.67. The van der Waals surface area contributed by atoms with E-state index in [2.05, 4.69) is 25.7 Å². The minimum absolute atomic E-state index is 0.0836. The number of thioether (sulfide) groups is 1. The lowest BCUT2D eigenvalue weighted by Gasteiger charge is -2.04. The second-order valence-corrected chi connectivity index (χ2v) is 12.1. The number of aromatic nitrogens is 4. The molecule has 0 saturated carbocycles. The van der Waals surface area contributed by atoms with Gasteiger partial charge in [-0.25, -0.2) is 0 Å². The summed E-state index contributed by atoms with van der Waals surface area (Å²) in [7, 11) is 4.36. The van der Waals surface area contributed by atoms with Crippen molar-refractivity contribution in [2.45, 2.75) is 25.7 Å². The average Bonchev–Trinajstić information content (AvgIpc) is 3.51. The van der Waals surface area contributed by atoms with Crippen molar-refractivity contribution in [3.05, 3.63) is 69.7 Å². The van der Waals surface area contributed by atoms with Crippen molar-refractivity contribution in [3.63, 3.8) is 0 Å². The number of carbonyl (C=O) groups is 2. The highest BCUT2D eigenvalue weighted by Crippen LogP contribution is 2.18. The predicted molar refractivity (Wildman–Crippen MR) is 162 cm³/mol. The third-order valence-electron chi connectivity index (χ3n) is 5.75. The summed E-state index contributed by atoms with van der Waals surface area (Å²) in [5.74, 6) is 1.75. The molecule has 1 amide bonds. The van der Waals surface area contributed by atoms with Crippen LogP contribution in [-0.4, -0.2) is 66.5 Å². The first kappa shape index (κ1) is 27.3. The molecular formula is C24H26B3N5O2S3. The highest BCUT2D eigenvalue weighted by Gasteiger charge is 2.14. The molecule has 0 aliphatic carbocycles. The summed E-state index contributed by atoms with van der Waals surface area (Å²) in [4.78, 5) is 25.5. The third kappa shape index (κ3) is 8.65. The maximum atomic E-state index is 12.4. The Kier molecular flexibility index (Phi) is 10.1. The minimum atomic E-state index is -0.0836. The van der Waals surface area contributed by atoms with Gasteiger partial charge in [0.25, 0.3) is 7.28 Å². The van der Waals surface area contributed by atoms with Crippen LogP contribution in [0.5, 0.6) is 0 Å². The Labute approximate surface area is 231 Å². The van der Waals surface area contributed by atoms with Crippen molar-refractivity contribution in [1.29, 1.82) is 0 Å². The quantitative estimate of drug-likeness (QED) is 0.178. The summed E-state index contributed by atoms with van der Waals surface area (Å²) in [5, 5.41) is 22.0. The fourth-order valence-corrected chi connectivity index (χ4v) is 6.45. The topological polar surface area (TPSA) is 97.7 Å². The smallest absolute Gasteiger partial charge is 0.279 e. The number of anilines is 1. The van der Waals surface area contributed by atoms with Gasteiger partial charge in [-0.15, -0.1) is 26.6 Å². The van der Waals surface area contributed by atoms with Crippen LogP contribution < -0.4 is 21.1 Å². The molecule has 1 N–H and O–H groups in total. The predicted octanol–water partition coefficient (Wildman–Crippen LogP) is -0.563. The van der Waals surface area contributed by atoms with Gasteiger partial charge in [-0.1, -0.05) is 70.8 Å². The highest BCUT2D eigenvalue weighted by atomic mass is 32.2. The molecule has 2 aromatic heterocycles. The summed E-state index contributed by atoms with van der Waals surface area (Å²) >= 11 is 4.76. The van der Waals surface area contributed by atoms with Crippen LogP contribution in [0.25, 0.3) is 0 Å². The zero-order chi connectivity index (χ0) is 26.0. The van der Waals surface area contributed by atoms with Gasteiger partial charge in [0.15, 0.2) is 0 Å². The summed E-state index contributed by atoms with van der Waals surface area (Å²) in [6.07, 6.45) is 2.38. The Morgan fingerprint density at radius 2 is 1.41 bits per heavy atom. The van der Waals surface area contributed by atoms with E-state index in [0.717, 1.165) is 61.3 Å². The van der Waals surface area contributed by atoms with E-state index in [9.17, 15) is 9.59 Å². The lowest BCUT2D eigenvalue weighted by molar-refractivity contribution is -0.115. The van der Waals surface area contributed by atoms with Gasteiger partial charge in [-0.3, -0.25) is 4.79 Å². The Morgan fingerprint density at radius 1 is 0.811 bits per heavy atom. The maximum Gasteiger partial charge on any atom is 0.279 e. The number of amides is 1. The molecule has 7 nitrogen and oxygen atoms in total. The molecule has 0 atom stereocenters. The van der Waals surface area contributed by atoms with E-state index in [4.69, 9.17) is 0 Å². The molecule has 0 spiro atoms. The summed E-state index contributed by atoms with van der Waals surface area (Å²) < 4.78 is 0. The molecule has 13 heteroatoms. The van der Waals surface area contributed by atoms with Gasteiger partial charge in [0, 0.05) is 19.3 Å². The maximum absolute atomic E-state index is 12.4. The molecule has 0 radical (unpaired) electrons. The largest absolute Gasteiger partial charge is 0.311 e. The molecule has 2 aromatic carbocycles. The van der Waals surface area contributed by atoms with E-state index in [1.807, 2.05) is 76.0 Å². The standard InChI is InChI=1S/C24H26B3N5O2S3/c25-17-7-3-1-5-15(17)13-19(33)27-23-31-29-21(36-23)9-11-35-12-10-22-30-32-24(37-22)28-20(34)14-16-6-2-4-8-18(16)26/h1-8,27H,9-14,25-26H2,(H,28,32,34). The van der Waals surface area contributed by atoms with Crippen molar-refractivity contribution in [2.24, 2.45) is 0 Å². The highest BCUT2D eigenvalue weighted by molar-refractivity contribution is 7.99. The Hall–Kier alpha value is -2.76. The van der Waals surface area contributed by atoms with Crippen molar-refractivity contribution in [1.82, 2.24) is 20.4 Å². The third-order valence-corrected chi connectivity index (χ3v) is 8.62. The van der Waals surface area contributed by atoms with Gasteiger partial charge in [0.1, 0.15) is 31.4 Å². The molecule has 0 aliphatic heterocycles. The Morgan fingerprint density at radius 3 is 2.08 bits per heavy atom. The van der Waals surface area contributed by atoms with Crippen LogP contribution in [0.15, 0.2) is 48.5 Å². The van der Waals surface area contributed by atoms with Crippen LogP contribution in [0.3, 0.4) is 0 Å². The number of aryl methyl sites for hydroxylation is 2. The lowest BCUT2D eigenvalue weighted by atomic mass is 9.71. The first-order valence-corrected chi connectivity index (χ1v) is 14.9. The molecule has 0 fully saturated rings. The number of nitrogens with zero attached hydrogens (tertiary/aromatic N) is 4. The lowest BCUT2D eigenvalue weighted by Crippen LogP contribution is -2.26. The number of hydrogen-bond donors (Lipinski definition) is 1. The van der Waals surface area contributed by atoms with Gasteiger partial charge < -0.3 is 10.1 Å². The second kappa shape index (κ2) is 13.7. The van der Waals surface area contributed by atoms with E-state index in [1.165, 1.54) is 22.7 Å². The molecular weight excluding hydrogens is 519 g/mol. The van der Waals surface area contributed by atoms with Gasteiger partial charge >= 0.3 is 0 Å². The summed E-state index contributed by atoms with van der Waals surface area (Å²) in [6, 6.07) is 15.8. The fourth-order valence-electron chi connectivity index (χ4n) is 3.68. The number of rotatable bonds is 13. The summed E-state index contributed by atoms with van der Waals surface area (Å²) in [5.41, 5.74) is 4.48. The molecule has 4 aromatic rings. The van der Waals surface area contributed by atoms with Crippen molar-refractivity contribution in [3.8, 4) is 0 Å². The first-order chi connectivity index (χ1) is 18.0. The van der Waals surface area contributed by atoms with Crippen molar-refractivity contribution < 1.29 is 9.59 Å². The molecule has 4 rings (SSSR count).